The van der Waals surface area contributed by atoms with E-state index in [1.807, 2.05) is 19.1 Å². The van der Waals surface area contributed by atoms with Crippen molar-refractivity contribution in [1.29, 1.82) is 0 Å². The Kier molecular flexibility index (Phi) is 3.34. The zero-order valence-corrected chi connectivity index (χ0v) is 12.6. The van der Waals surface area contributed by atoms with Crippen LogP contribution in [0.3, 0.4) is 0 Å². The average Bonchev–Trinajstić information content (AvgIpc) is 2.70. The van der Waals surface area contributed by atoms with Crippen molar-refractivity contribution in [3.8, 4) is 5.75 Å². The molecule has 1 aromatic rings. The van der Waals surface area contributed by atoms with Crippen molar-refractivity contribution in [2.75, 3.05) is 7.11 Å². The van der Waals surface area contributed by atoms with Crippen LogP contribution in [-0.4, -0.2) is 31.9 Å². The molecule has 2 aliphatic rings. The number of ether oxygens (including phenoxy) is 1. The minimum absolute atomic E-state index is 0.00367. The van der Waals surface area contributed by atoms with Crippen LogP contribution in [0.1, 0.15) is 24.8 Å². The Labute approximate surface area is 120 Å². The van der Waals surface area contributed by atoms with E-state index in [0.29, 0.717) is 5.75 Å². The normalized spacial score (nSPS) is 25.9. The number of sulfonamides is 1. The SMILES string of the molecule is COc1ccc(C)cc1S(=O)(=O)N1C2C=CCC1CC2. The Balaban J connectivity index is 2.09. The summed E-state index contributed by atoms with van der Waals surface area (Å²) in [5, 5.41) is 0. The lowest BCUT2D eigenvalue weighted by Gasteiger charge is -2.30. The summed E-state index contributed by atoms with van der Waals surface area (Å²) in [6.07, 6.45) is 6.77. The first-order valence-corrected chi connectivity index (χ1v) is 8.33. The first-order chi connectivity index (χ1) is 9.54. The summed E-state index contributed by atoms with van der Waals surface area (Å²) in [5.74, 6) is 0.421. The number of nitrogens with zero attached hydrogens (tertiary/aromatic N) is 1. The van der Waals surface area contributed by atoms with E-state index in [1.54, 1.807) is 16.4 Å². The van der Waals surface area contributed by atoms with Gasteiger partial charge in [0.1, 0.15) is 10.6 Å². The zero-order chi connectivity index (χ0) is 14.3. The van der Waals surface area contributed by atoms with E-state index in [2.05, 4.69) is 6.08 Å². The molecule has 1 saturated heterocycles. The van der Waals surface area contributed by atoms with Crippen LogP contribution in [0, 0.1) is 6.92 Å². The van der Waals surface area contributed by atoms with E-state index in [-0.39, 0.29) is 17.0 Å². The van der Waals surface area contributed by atoms with Crippen LogP contribution < -0.4 is 4.74 Å². The molecule has 3 rings (SSSR count). The second kappa shape index (κ2) is 4.90. The van der Waals surface area contributed by atoms with Crippen LogP contribution in [-0.2, 0) is 10.0 Å². The van der Waals surface area contributed by atoms with E-state index in [0.717, 1.165) is 24.8 Å². The highest BCUT2D eigenvalue weighted by atomic mass is 32.2. The molecule has 2 heterocycles. The molecule has 2 atom stereocenters. The van der Waals surface area contributed by atoms with Gasteiger partial charge in [-0.15, -0.1) is 0 Å². The lowest BCUT2D eigenvalue weighted by atomic mass is 10.2. The first-order valence-electron chi connectivity index (χ1n) is 6.89. The summed E-state index contributed by atoms with van der Waals surface area (Å²) < 4.78 is 32.9. The molecule has 5 heteroatoms. The van der Waals surface area contributed by atoms with E-state index in [4.69, 9.17) is 4.74 Å². The molecular formula is C15H19NO3S. The van der Waals surface area contributed by atoms with E-state index in [1.165, 1.54) is 7.11 Å². The highest BCUT2D eigenvalue weighted by Gasteiger charge is 2.43. The molecule has 0 aliphatic carbocycles. The molecule has 0 amide bonds. The molecule has 108 valence electrons. The highest BCUT2D eigenvalue weighted by molar-refractivity contribution is 7.89. The van der Waals surface area contributed by atoms with Gasteiger partial charge in [0.2, 0.25) is 10.0 Å². The Morgan fingerprint density at radius 1 is 1.30 bits per heavy atom. The van der Waals surface area contributed by atoms with Gasteiger partial charge in [0, 0.05) is 12.1 Å². The standard InChI is InChI=1S/C15H19NO3S/c1-11-6-9-14(19-2)15(10-11)20(17,18)16-12-4-3-5-13(16)8-7-12/h3-4,6,9-10,12-13H,5,7-8H2,1-2H3. The molecule has 1 fully saturated rings. The number of hydrogen-bond donors (Lipinski definition) is 0. The lowest BCUT2D eigenvalue weighted by molar-refractivity contribution is 0.337. The number of fused-ring (bicyclic) bond motifs is 2. The summed E-state index contributed by atoms with van der Waals surface area (Å²) in [7, 11) is -2.00. The Bertz CT molecular complexity index is 651. The average molecular weight is 293 g/mol. The summed E-state index contributed by atoms with van der Waals surface area (Å²) >= 11 is 0. The molecule has 1 aromatic carbocycles. The summed E-state index contributed by atoms with van der Waals surface area (Å²) in [6, 6.07) is 5.39. The third kappa shape index (κ3) is 2.05. The minimum atomic E-state index is -3.51. The Hall–Kier alpha value is -1.33. The van der Waals surface area contributed by atoms with Crippen molar-refractivity contribution in [3.05, 3.63) is 35.9 Å². The van der Waals surface area contributed by atoms with Crippen molar-refractivity contribution < 1.29 is 13.2 Å². The van der Waals surface area contributed by atoms with E-state index >= 15 is 0 Å². The number of rotatable bonds is 3. The number of benzene rings is 1. The summed E-state index contributed by atoms with van der Waals surface area (Å²) in [6.45, 7) is 1.89. The third-order valence-electron chi connectivity index (χ3n) is 4.12. The van der Waals surface area contributed by atoms with Crippen LogP contribution >= 0.6 is 0 Å². The molecule has 0 radical (unpaired) electrons. The van der Waals surface area contributed by atoms with Gasteiger partial charge >= 0.3 is 0 Å². The summed E-state index contributed by atoms with van der Waals surface area (Å²) in [4.78, 5) is 0.284. The quantitative estimate of drug-likeness (QED) is 0.804. The van der Waals surface area contributed by atoms with Gasteiger partial charge < -0.3 is 4.74 Å². The predicted molar refractivity (Wildman–Crippen MR) is 77.3 cm³/mol. The van der Waals surface area contributed by atoms with Crippen LogP contribution in [0.2, 0.25) is 0 Å². The van der Waals surface area contributed by atoms with Crippen molar-refractivity contribution in [3.63, 3.8) is 0 Å². The smallest absolute Gasteiger partial charge is 0.247 e. The third-order valence-corrected chi connectivity index (χ3v) is 6.12. The first kappa shape index (κ1) is 13.6. The van der Waals surface area contributed by atoms with Gasteiger partial charge in [-0.2, -0.15) is 4.31 Å². The number of hydrogen-bond acceptors (Lipinski definition) is 3. The minimum Gasteiger partial charge on any atom is -0.495 e. The molecule has 2 bridgehead atoms. The maximum Gasteiger partial charge on any atom is 0.247 e. The van der Waals surface area contributed by atoms with Gasteiger partial charge in [0.05, 0.1) is 7.11 Å². The molecular weight excluding hydrogens is 274 g/mol. The maximum absolute atomic E-state index is 13.0. The van der Waals surface area contributed by atoms with Crippen molar-refractivity contribution in [2.24, 2.45) is 0 Å². The highest BCUT2D eigenvalue weighted by Crippen LogP contribution is 2.38. The fourth-order valence-electron chi connectivity index (χ4n) is 3.16. The number of methoxy groups -OCH3 is 1. The summed E-state index contributed by atoms with van der Waals surface area (Å²) in [5.41, 5.74) is 0.921. The van der Waals surface area contributed by atoms with Gasteiger partial charge in [0.15, 0.2) is 0 Å². The largest absolute Gasteiger partial charge is 0.495 e. The van der Waals surface area contributed by atoms with Gasteiger partial charge in [-0.1, -0.05) is 18.2 Å². The molecule has 2 aliphatic heterocycles. The monoisotopic (exact) mass is 293 g/mol. The topological polar surface area (TPSA) is 46.6 Å². The molecule has 0 saturated carbocycles. The zero-order valence-electron chi connectivity index (χ0n) is 11.7. The van der Waals surface area contributed by atoms with Crippen molar-refractivity contribution >= 4 is 10.0 Å². The van der Waals surface area contributed by atoms with Gasteiger partial charge in [-0.05, 0) is 43.9 Å². The molecule has 0 spiro atoms. The van der Waals surface area contributed by atoms with Crippen LogP contribution in [0.4, 0.5) is 0 Å². The van der Waals surface area contributed by atoms with E-state index < -0.39 is 10.0 Å². The fourth-order valence-corrected chi connectivity index (χ4v) is 5.24. The molecule has 20 heavy (non-hydrogen) atoms. The fraction of sp³-hybridized carbons (Fsp3) is 0.467. The van der Waals surface area contributed by atoms with Crippen LogP contribution in [0.15, 0.2) is 35.2 Å². The van der Waals surface area contributed by atoms with Crippen molar-refractivity contribution in [2.45, 2.75) is 43.2 Å². The van der Waals surface area contributed by atoms with Gasteiger partial charge in [0.25, 0.3) is 0 Å². The van der Waals surface area contributed by atoms with E-state index in [9.17, 15) is 8.42 Å². The molecule has 0 aromatic heterocycles. The van der Waals surface area contributed by atoms with Crippen LogP contribution in [0.25, 0.3) is 0 Å². The number of aryl methyl sites for hydroxylation is 1. The molecule has 2 unspecified atom stereocenters. The van der Waals surface area contributed by atoms with Gasteiger partial charge in [-0.3, -0.25) is 0 Å². The lowest BCUT2D eigenvalue weighted by Crippen LogP contribution is -2.42. The Morgan fingerprint density at radius 3 is 2.80 bits per heavy atom. The Morgan fingerprint density at radius 2 is 2.10 bits per heavy atom. The van der Waals surface area contributed by atoms with Gasteiger partial charge in [-0.25, -0.2) is 8.42 Å². The predicted octanol–water partition coefficient (Wildman–Crippen LogP) is 2.49. The maximum atomic E-state index is 13.0. The molecule has 4 nitrogen and oxygen atoms in total. The second-order valence-corrected chi connectivity index (χ2v) is 7.26. The second-order valence-electron chi connectivity index (χ2n) is 5.45. The van der Waals surface area contributed by atoms with Crippen LogP contribution in [0.5, 0.6) is 5.75 Å². The molecule has 0 N–H and O–H groups in total. The van der Waals surface area contributed by atoms with Crippen molar-refractivity contribution in [1.82, 2.24) is 4.31 Å².